The van der Waals surface area contributed by atoms with Gasteiger partial charge in [0.25, 0.3) is 5.91 Å². The molecule has 2 aromatic heterocycles. The van der Waals surface area contributed by atoms with Crippen LogP contribution in [0.1, 0.15) is 6.23 Å². The minimum absolute atomic E-state index is 0.146. The Morgan fingerprint density at radius 2 is 2.20 bits per heavy atom. The first-order valence-corrected chi connectivity index (χ1v) is 7.47. The highest BCUT2D eigenvalue weighted by molar-refractivity contribution is 5.82. The number of aromatic nitrogens is 4. The second-order valence-corrected chi connectivity index (χ2v) is 5.53. The third-order valence-corrected chi connectivity index (χ3v) is 3.94. The highest BCUT2D eigenvalue weighted by Crippen LogP contribution is 2.33. The summed E-state index contributed by atoms with van der Waals surface area (Å²) in [5, 5.41) is 32.9. The topological polar surface area (TPSA) is 169 Å². The average Bonchev–Trinajstić information content (AvgIpc) is 3.15. The Kier molecular flexibility index (Phi) is 4.63. The largest absolute Gasteiger partial charge is 0.387 e. The van der Waals surface area contributed by atoms with Crippen LogP contribution >= 0.6 is 0 Å². The van der Waals surface area contributed by atoms with Gasteiger partial charge in [-0.05, 0) is 0 Å². The summed E-state index contributed by atoms with van der Waals surface area (Å²) >= 11 is 0. The van der Waals surface area contributed by atoms with Crippen LogP contribution in [-0.2, 0) is 9.53 Å². The maximum atomic E-state index is 11.9. The van der Waals surface area contributed by atoms with Crippen LogP contribution in [0.2, 0.25) is 0 Å². The third-order valence-electron chi connectivity index (χ3n) is 3.94. The minimum atomic E-state index is -1.68. The number of carbonyl (C=O) groups excluding carboxylic acids is 1. The van der Waals surface area contributed by atoms with Gasteiger partial charge >= 0.3 is 0 Å². The minimum Gasteiger partial charge on any atom is -0.387 e. The number of rotatable bonds is 5. The lowest BCUT2D eigenvalue weighted by Gasteiger charge is -2.20. The molecule has 3 rings (SSSR count). The molecule has 0 radical (unpaired) electrons. The van der Waals surface area contributed by atoms with E-state index in [1.54, 1.807) is 0 Å². The van der Waals surface area contributed by atoms with Crippen LogP contribution in [0, 0.1) is 0 Å². The molecule has 0 bridgehead atoms. The molecule has 1 aliphatic heterocycles. The molecular formula is C14H18N6O5. The van der Waals surface area contributed by atoms with Crippen molar-refractivity contribution in [2.24, 2.45) is 0 Å². The molecule has 0 spiro atoms. The van der Waals surface area contributed by atoms with Crippen LogP contribution in [0.4, 0.5) is 5.82 Å². The van der Waals surface area contributed by atoms with Crippen LogP contribution in [0.15, 0.2) is 25.3 Å². The second-order valence-electron chi connectivity index (χ2n) is 5.53. The highest BCUT2D eigenvalue weighted by atomic mass is 16.6. The summed E-state index contributed by atoms with van der Waals surface area (Å²) in [7, 11) is 0. The zero-order valence-electron chi connectivity index (χ0n) is 13.1. The van der Waals surface area contributed by atoms with Gasteiger partial charge in [-0.15, -0.1) is 6.58 Å². The fourth-order valence-corrected chi connectivity index (χ4v) is 2.66. The zero-order valence-corrected chi connectivity index (χ0v) is 13.1. The van der Waals surface area contributed by atoms with Gasteiger partial charge in [-0.2, -0.15) is 0 Å². The SMILES string of the molecule is C=CCNC(=O)C(O)[C@H]1O[C@@H](n2cnc3c(N)ncnc32)[C@H](O)[C@@H]1O. The molecule has 0 aromatic carbocycles. The van der Waals surface area contributed by atoms with Gasteiger partial charge < -0.3 is 31.1 Å². The maximum absolute atomic E-state index is 11.9. The smallest absolute Gasteiger partial charge is 0.251 e. The predicted octanol–water partition coefficient (Wildman–Crippen LogP) is -2.31. The van der Waals surface area contributed by atoms with E-state index in [9.17, 15) is 20.1 Å². The van der Waals surface area contributed by atoms with Crippen LogP contribution in [0.25, 0.3) is 11.2 Å². The predicted molar refractivity (Wildman–Crippen MR) is 84.9 cm³/mol. The van der Waals surface area contributed by atoms with Crippen molar-refractivity contribution < 1.29 is 24.9 Å². The molecule has 0 aliphatic carbocycles. The first-order valence-electron chi connectivity index (χ1n) is 7.47. The van der Waals surface area contributed by atoms with E-state index in [2.05, 4.69) is 26.8 Å². The molecule has 134 valence electrons. The number of anilines is 1. The standard InChI is InChI=1S/C14H18N6O5/c1-2-3-16-13(24)9(23)10-7(21)8(22)14(25-10)20-5-19-6-11(15)17-4-18-12(6)20/h2,4-5,7-10,14,21-23H,1,3H2,(H,16,24)(H2,15,17,18)/t7-,8+,9?,10-,14+/m0/s1. The van der Waals surface area contributed by atoms with Crippen molar-refractivity contribution in [3.8, 4) is 0 Å². The molecular weight excluding hydrogens is 332 g/mol. The number of nitrogen functional groups attached to an aromatic ring is 1. The van der Waals surface area contributed by atoms with Gasteiger partial charge in [0.2, 0.25) is 0 Å². The summed E-state index contributed by atoms with van der Waals surface area (Å²) in [5.41, 5.74) is 6.30. The van der Waals surface area contributed by atoms with Crippen molar-refractivity contribution in [2.45, 2.75) is 30.6 Å². The highest BCUT2D eigenvalue weighted by Gasteiger charge is 2.49. The third kappa shape index (κ3) is 2.93. The molecule has 3 heterocycles. The van der Waals surface area contributed by atoms with Gasteiger partial charge in [-0.25, -0.2) is 15.0 Å². The van der Waals surface area contributed by atoms with Crippen molar-refractivity contribution in [1.29, 1.82) is 0 Å². The Morgan fingerprint density at radius 1 is 1.44 bits per heavy atom. The molecule has 25 heavy (non-hydrogen) atoms. The Morgan fingerprint density at radius 3 is 2.92 bits per heavy atom. The number of fused-ring (bicyclic) bond motifs is 1. The number of imidazole rings is 1. The van der Waals surface area contributed by atoms with Gasteiger partial charge in [0.1, 0.15) is 30.2 Å². The van der Waals surface area contributed by atoms with Crippen LogP contribution < -0.4 is 11.1 Å². The number of nitrogens with one attached hydrogen (secondary N) is 1. The summed E-state index contributed by atoms with van der Waals surface area (Å²) in [5.74, 6) is -0.601. The van der Waals surface area contributed by atoms with Crippen LogP contribution in [0.5, 0.6) is 0 Å². The number of aliphatic hydroxyl groups is 3. The average molecular weight is 350 g/mol. The number of nitrogens with zero attached hydrogens (tertiary/aromatic N) is 4. The molecule has 1 amide bonds. The second kappa shape index (κ2) is 6.72. The van der Waals surface area contributed by atoms with E-state index in [-0.39, 0.29) is 18.0 Å². The Balaban J connectivity index is 1.85. The van der Waals surface area contributed by atoms with Crippen molar-refractivity contribution in [1.82, 2.24) is 24.8 Å². The van der Waals surface area contributed by atoms with E-state index in [0.717, 1.165) is 0 Å². The van der Waals surface area contributed by atoms with E-state index in [0.29, 0.717) is 5.52 Å². The Hall–Kier alpha value is -2.60. The zero-order chi connectivity index (χ0) is 18.1. The van der Waals surface area contributed by atoms with E-state index < -0.39 is 36.6 Å². The molecule has 2 aromatic rings. The molecule has 1 fully saturated rings. The van der Waals surface area contributed by atoms with Gasteiger partial charge in [0.05, 0.1) is 6.33 Å². The molecule has 1 aliphatic rings. The van der Waals surface area contributed by atoms with Gasteiger partial charge in [-0.1, -0.05) is 6.08 Å². The van der Waals surface area contributed by atoms with Gasteiger partial charge in [0, 0.05) is 6.54 Å². The summed E-state index contributed by atoms with van der Waals surface area (Å²) < 4.78 is 6.88. The summed E-state index contributed by atoms with van der Waals surface area (Å²) in [6, 6.07) is 0. The molecule has 1 unspecified atom stereocenters. The molecule has 6 N–H and O–H groups in total. The first kappa shape index (κ1) is 17.2. The molecule has 11 heteroatoms. The normalized spacial score (nSPS) is 27.3. The van der Waals surface area contributed by atoms with E-state index in [1.807, 2.05) is 0 Å². The van der Waals surface area contributed by atoms with Gasteiger partial charge in [0.15, 0.2) is 23.8 Å². The molecule has 1 saturated heterocycles. The Labute approximate surface area is 141 Å². The number of carbonyl (C=O) groups is 1. The monoisotopic (exact) mass is 350 g/mol. The summed E-state index contributed by atoms with van der Waals surface area (Å²) in [6.45, 7) is 3.59. The van der Waals surface area contributed by atoms with Crippen molar-refractivity contribution in [2.75, 3.05) is 12.3 Å². The summed E-state index contributed by atoms with van der Waals surface area (Å²) in [6.07, 6.45) is -3.04. The maximum Gasteiger partial charge on any atom is 0.251 e. The lowest BCUT2D eigenvalue weighted by molar-refractivity contribution is -0.143. The van der Waals surface area contributed by atoms with Crippen molar-refractivity contribution in [3.05, 3.63) is 25.3 Å². The first-order chi connectivity index (χ1) is 12.0. The fraction of sp³-hybridized carbons (Fsp3) is 0.429. The van der Waals surface area contributed by atoms with E-state index in [4.69, 9.17) is 10.5 Å². The van der Waals surface area contributed by atoms with Crippen molar-refractivity contribution >= 4 is 22.9 Å². The van der Waals surface area contributed by atoms with Crippen LogP contribution in [0.3, 0.4) is 0 Å². The molecule has 11 nitrogen and oxygen atoms in total. The quantitative estimate of drug-likeness (QED) is 0.372. The van der Waals surface area contributed by atoms with E-state index >= 15 is 0 Å². The lowest BCUT2D eigenvalue weighted by Crippen LogP contribution is -2.47. The van der Waals surface area contributed by atoms with E-state index in [1.165, 1.54) is 23.3 Å². The number of amides is 1. The lowest BCUT2D eigenvalue weighted by atomic mass is 10.1. The summed E-state index contributed by atoms with van der Waals surface area (Å²) in [4.78, 5) is 23.8. The van der Waals surface area contributed by atoms with Crippen LogP contribution in [-0.4, -0.2) is 71.7 Å². The number of hydrogen-bond donors (Lipinski definition) is 5. The molecule has 5 atom stereocenters. The number of aliphatic hydroxyl groups excluding tert-OH is 3. The number of ether oxygens (including phenoxy) is 1. The molecule has 0 saturated carbocycles. The Bertz CT molecular complexity index is 795. The number of nitrogens with two attached hydrogens (primary N) is 1. The fourth-order valence-electron chi connectivity index (χ4n) is 2.66. The number of hydrogen-bond acceptors (Lipinski definition) is 9. The van der Waals surface area contributed by atoms with Crippen molar-refractivity contribution in [3.63, 3.8) is 0 Å². The van der Waals surface area contributed by atoms with Gasteiger partial charge in [-0.3, -0.25) is 9.36 Å².